The second kappa shape index (κ2) is 13.5. The molecule has 4 nitrogen and oxygen atoms in total. The smallest absolute Gasteiger partial charge is 0.160 e. The quantitative estimate of drug-likeness (QED) is 0.413. The van der Waals surface area contributed by atoms with E-state index in [-0.39, 0.29) is 24.8 Å². The second-order valence-electron chi connectivity index (χ2n) is 8.12. The van der Waals surface area contributed by atoms with E-state index in [4.69, 9.17) is 9.47 Å². The van der Waals surface area contributed by atoms with Crippen molar-refractivity contribution >= 4 is 24.8 Å². The van der Waals surface area contributed by atoms with Crippen molar-refractivity contribution in [3.8, 4) is 22.6 Å². The molecular formula is C27H34Cl2N2O2. The molecule has 0 atom stereocenters. The molecule has 1 saturated heterocycles. The zero-order valence-electron chi connectivity index (χ0n) is 19.4. The molecule has 0 bridgehead atoms. The highest BCUT2D eigenvalue weighted by molar-refractivity contribution is 5.85. The molecule has 4 rings (SSSR count). The van der Waals surface area contributed by atoms with Crippen LogP contribution in [-0.2, 0) is 13.0 Å². The van der Waals surface area contributed by atoms with Gasteiger partial charge in [0.15, 0.2) is 11.5 Å². The Hall–Kier alpha value is -2.24. The van der Waals surface area contributed by atoms with Gasteiger partial charge in [0, 0.05) is 39.3 Å². The molecule has 0 spiro atoms. The van der Waals surface area contributed by atoms with Crippen LogP contribution in [0.25, 0.3) is 11.1 Å². The van der Waals surface area contributed by atoms with Crippen molar-refractivity contribution in [1.82, 2.24) is 9.80 Å². The third-order valence-electron chi connectivity index (χ3n) is 6.07. The van der Waals surface area contributed by atoms with Gasteiger partial charge in [-0.1, -0.05) is 54.6 Å². The predicted octanol–water partition coefficient (Wildman–Crippen LogP) is 5.57. The van der Waals surface area contributed by atoms with Crippen LogP contribution >= 0.6 is 24.8 Å². The molecule has 6 heteroatoms. The third kappa shape index (κ3) is 7.38. The average Bonchev–Trinajstić information content (AvgIpc) is 2.84. The van der Waals surface area contributed by atoms with Crippen LogP contribution in [0.2, 0.25) is 0 Å². The molecule has 0 unspecified atom stereocenters. The van der Waals surface area contributed by atoms with E-state index in [2.05, 4.69) is 76.5 Å². The zero-order valence-corrected chi connectivity index (χ0v) is 21.0. The summed E-state index contributed by atoms with van der Waals surface area (Å²) in [5, 5.41) is 0. The number of piperazine rings is 1. The maximum absolute atomic E-state index is 5.43. The summed E-state index contributed by atoms with van der Waals surface area (Å²) in [6, 6.07) is 25.8. The van der Waals surface area contributed by atoms with Crippen molar-refractivity contribution in [3.63, 3.8) is 0 Å². The van der Waals surface area contributed by atoms with Gasteiger partial charge in [-0.3, -0.25) is 4.90 Å². The van der Waals surface area contributed by atoms with Crippen LogP contribution in [0.4, 0.5) is 0 Å². The Morgan fingerprint density at radius 3 is 2.00 bits per heavy atom. The first-order chi connectivity index (χ1) is 15.2. The fourth-order valence-corrected chi connectivity index (χ4v) is 4.23. The van der Waals surface area contributed by atoms with Gasteiger partial charge in [-0.25, -0.2) is 0 Å². The number of halogens is 2. The van der Waals surface area contributed by atoms with E-state index in [1.54, 1.807) is 14.2 Å². The maximum Gasteiger partial charge on any atom is 0.160 e. The first-order valence-electron chi connectivity index (χ1n) is 11.0. The minimum absolute atomic E-state index is 0. The van der Waals surface area contributed by atoms with Crippen LogP contribution in [0.3, 0.4) is 0 Å². The van der Waals surface area contributed by atoms with Gasteiger partial charge in [-0.2, -0.15) is 0 Å². The molecule has 1 aliphatic rings. The van der Waals surface area contributed by atoms with Gasteiger partial charge >= 0.3 is 0 Å². The van der Waals surface area contributed by atoms with Crippen molar-refractivity contribution in [2.24, 2.45) is 0 Å². The topological polar surface area (TPSA) is 24.9 Å². The Balaban J connectivity index is 0.00000193. The van der Waals surface area contributed by atoms with Crippen LogP contribution in [0, 0.1) is 0 Å². The lowest BCUT2D eigenvalue weighted by atomic mass is 10.0. The fraction of sp³-hybridized carbons (Fsp3) is 0.333. The van der Waals surface area contributed by atoms with E-state index < -0.39 is 0 Å². The number of hydrogen-bond acceptors (Lipinski definition) is 4. The molecule has 0 saturated carbocycles. The number of methoxy groups -OCH3 is 2. The molecule has 33 heavy (non-hydrogen) atoms. The Kier molecular flexibility index (Phi) is 11.0. The van der Waals surface area contributed by atoms with Gasteiger partial charge in [0.1, 0.15) is 0 Å². The maximum atomic E-state index is 5.43. The van der Waals surface area contributed by atoms with E-state index in [1.807, 2.05) is 6.07 Å². The van der Waals surface area contributed by atoms with Gasteiger partial charge in [-0.05, 0) is 46.9 Å². The SMILES string of the molecule is COc1ccc(CCN2CCN(Cc3cccc(-c4ccccc4)c3)CC2)cc1OC.Cl.Cl. The van der Waals surface area contributed by atoms with Gasteiger partial charge < -0.3 is 14.4 Å². The van der Waals surface area contributed by atoms with E-state index in [1.165, 1.54) is 22.3 Å². The van der Waals surface area contributed by atoms with Gasteiger partial charge in [0.2, 0.25) is 0 Å². The van der Waals surface area contributed by atoms with Crippen LogP contribution < -0.4 is 9.47 Å². The standard InChI is InChI=1S/C27H32N2O2.2ClH/c1-30-26-12-11-22(20-27(26)31-2)13-14-28-15-17-29(18-16-28)21-23-7-6-10-25(19-23)24-8-4-3-5-9-24;;/h3-12,19-20H,13-18,21H2,1-2H3;2*1H. The van der Waals surface area contributed by atoms with Gasteiger partial charge in [-0.15, -0.1) is 24.8 Å². The highest BCUT2D eigenvalue weighted by Crippen LogP contribution is 2.28. The summed E-state index contributed by atoms with van der Waals surface area (Å²) in [4.78, 5) is 5.13. The predicted molar refractivity (Wildman–Crippen MR) is 141 cm³/mol. The number of ether oxygens (including phenoxy) is 2. The molecule has 0 N–H and O–H groups in total. The van der Waals surface area contributed by atoms with Crippen LogP contribution in [0.1, 0.15) is 11.1 Å². The number of rotatable bonds is 8. The first kappa shape index (κ1) is 27.0. The first-order valence-corrected chi connectivity index (χ1v) is 11.0. The molecule has 1 fully saturated rings. The zero-order chi connectivity index (χ0) is 21.5. The van der Waals surface area contributed by atoms with Crippen molar-refractivity contribution < 1.29 is 9.47 Å². The molecule has 3 aromatic carbocycles. The van der Waals surface area contributed by atoms with Crippen LogP contribution in [-0.4, -0.2) is 56.7 Å². The molecule has 178 valence electrons. The number of nitrogens with zero attached hydrogens (tertiary/aromatic N) is 2. The lowest BCUT2D eigenvalue weighted by Gasteiger charge is -2.34. The summed E-state index contributed by atoms with van der Waals surface area (Å²) >= 11 is 0. The molecule has 0 aliphatic carbocycles. The Morgan fingerprint density at radius 2 is 1.30 bits per heavy atom. The lowest BCUT2D eigenvalue weighted by molar-refractivity contribution is 0.128. The monoisotopic (exact) mass is 488 g/mol. The molecule has 0 radical (unpaired) electrons. The Labute approximate surface area is 210 Å². The Morgan fingerprint density at radius 1 is 0.636 bits per heavy atom. The molecule has 1 aliphatic heterocycles. The van der Waals surface area contributed by atoms with E-state index in [9.17, 15) is 0 Å². The van der Waals surface area contributed by atoms with E-state index in [0.717, 1.165) is 57.2 Å². The summed E-state index contributed by atoms with van der Waals surface area (Å²) in [6.45, 7) is 6.55. The molecule has 1 heterocycles. The fourth-order valence-electron chi connectivity index (χ4n) is 4.23. The summed E-state index contributed by atoms with van der Waals surface area (Å²) < 4.78 is 10.8. The lowest BCUT2D eigenvalue weighted by Crippen LogP contribution is -2.46. The summed E-state index contributed by atoms with van der Waals surface area (Å²) in [5.41, 5.74) is 5.26. The minimum atomic E-state index is 0. The summed E-state index contributed by atoms with van der Waals surface area (Å²) in [5.74, 6) is 1.60. The van der Waals surface area contributed by atoms with Crippen molar-refractivity contribution in [1.29, 1.82) is 0 Å². The van der Waals surface area contributed by atoms with E-state index in [0.29, 0.717) is 0 Å². The van der Waals surface area contributed by atoms with Crippen LogP contribution in [0.5, 0.6) is 11.5 Å². The average molecular weight is 489 g/mol. The summed E-state index contributed by atoms with van der Waals surface area (Å²) in [7, 11) is 3.37. The third-order valence-corrected chi connectivity index (χ3v) is 6.07. The highest BCUT2D eigenvalue weighted by Gasteiger charge is 2.17. The van der Waals surface area contributed by atoms with Gasteiger partial charge in [0.05, 0.1) is 14.2 Å². The largest absolute Gasteiger partial charge is 0.493 e. The Bertz CT molecular complexity index is 977. The molecular weight excluding hydrogens is 455 g/mol. The van der Waals surface area contributed by atoms with Crippen molar-refractivity contribution in [2.75, 3.05) is 46.9 Å². The number of benzene rings is 3. The summed E-state index contributed by atoms with van der Waals surface area (Å²) in [6.07, 6.45) is 1.03. The van der Waals surface area contributed by atoms with Gasteiger partial charge in [0.25, 0.3) is 0 Å². The second-order valence-corrected chi connectivity index (χ2v) is 8.12. The number of hydrogen-bond donors (Lipinski definition) is 0. The molecule has 0 amide bonds. The highest BCUT2D eigenvalue weighted by atomic mass is 35.5. The van der Waals surface area contributed by atoms with Crippen molar-refractivity contribution in [3.05, 3.63) is 83.9 Å². The van der Waals surface area contributed by atoms with Crippen molar-refractivity contribution in [2.45, 2.75) is 13.0 Å². The molecule has 3 aromatic rings. The normalized spacial score (nSPS) is 14.1. The van der Waals surface area contributed by atoms with E-state index >= 15 is 0 Å². The van der Waals surface area contributed by atoms with Crippen LogP contribution in [0.15, 0.2) is 72.8 Å². The molecule has 0 aromatic heterocycles. The minimum Gasteiger partial charge on any atom is -0.493 e.